The molecule has 1 unspecified atom stereocenters. The number of halogens is 1. The van der Waals surface area contributed by atoms with Crippen LogP contribution in [0.4, 0.5) is 4.79 Å². The molecule has 1 N–H and O–H groups in total. The Bertz CT molecular complexity index is 722. The lowest BCUT2D eigenvalue weighted by Gasteiger charge is -2.38. The molecule has 1 aliphatic carbocycles. The molecule has 1 saturated heterocycles. The van der Waals surface area contributed by atoms with Gasteiger partial charge in [0.1, 0.15) is 21.8 Å². The first-order valence-electron chi connectivity index (χ1n) is 8.40. The van der Waals surface area contributed by atoms with E-state index in [9.17, 15) is 14.5 Å². The fraction of sp³-hybridized carbons (Fsp3) is 0.556. The number of carboxylic acid groups (broad SMARTS) is 1. The Balaban J connectivity index is 2.01. The van der Waals surface area contributed by atoms with E-state index in [-0.39, 0.29) is 5.41 Å². The van der Waals surface area contributed by atoms with Gasteiger partial charge in [0.15, 0.2) is 0 Å². The summed E-state index contributed by atoms with van der Waals surface area (Å²) in [5, 5.41) is 9.90. The number of hydrogen-bond acceptors (Lipinski definition) is 3. The average Bonchev–Trinajstić information content (AvgIpc) is 2.79. The van der Waals surface area contributed by atoms with E-state index < -0.39 is 22.2 Å². The van der Waals surface area contributed by atoms with E-state index in [1.807, 2.05) is 39.0 Å². The lowest BCUT2D eigenvalue weighted by molar-refractivity contribution is 0.115. The van der Waals surface area contributed by atoms with Crippen LogP contribution in [0, 0.1) is 5.41 Å². The van der Waals surface area contributed by atoms with Gasteiger partial charge in [0, 0.05) is 29.1 Å². The molecule has 0 bridgehead atoms. The second-order valence-electron chi connectivity index (χ2n) is 7.83. The molecule has 0 saturated carbocycles. The van der Waals surface area contributed by atoms with Crippen LogP contribution in [-0.2, 0) is 17.8 Å². The molecule has 136 valence electrons. The summed E-state index contributed by atoms with van der Waals surface area (Å²) >= 11 is 4.80. The lowest BCUT2D eigenvalue weighted by atomic mass is 9.74. The number of rotatable bonds is 1. The number of hydrogen-bond donors (Lipinski definition) is 1. The number of carbonyl (C=O) groups is 1. The first-order chi connectivity index (χ1) is 11.6. The molecule has 3 rings (SSSR count). The van der Waals surface area contributed by atoms with Gasteiger partial charge in [-0.15, -0.1) is 0 Å². The predicted molar refractivity (Wildman–Crippen MR) is 101 cm³/mol. The first kappa shape index (κ1) is 18.5. The number of fused-ring (bicyclic) bond motifs is 1. The van der Waals surface area contributed by atoms with E-state index in [0.717, 1.165) is 23.3 Å². The third-order valence-electron chi connectivity index (χ3n) is 5.04. The van der Waals surface area contributed by atoms with Crippen molar-refractivity contribution in [3.05, 3.63) is 34.3 Å². The molecule has 1 aromatic carbocycles. The van der Waals surface area contributed by atoms with Crippen molar-refractivity contribution in [1.82, 2.24) is 4.90 Å². The van der Waals surface area contributed by atoms with E-state index in [4.69, 9.17) is 11.6 Å². The van der Waals surface area contributed by atoms with Crippen molar-refractivity contribution in [1.29, 1.82) is 0 Å². The van der Waals surface area contributed by atoms with Gasteiger partial charge in [0.25, 0.3) is 0 Å². The number of nitrogens with zero attached hydrogens (tertiary/aromatic N) is 2. The van der Waals surface area contributed by atoms with Gasteiger partial charge in [-0.2, -0.15) is 0 Å². The molecule has 1 aromatic rings. The molecule has 1 amide bonds. The maximum absolute atomic E-state index is 12.7. The minimum Gasteiger partial charge on any atom is -0.591 e. The Morgan fingerprint density at radius 1 is 1.36 bits per heavy atom. The maximum Gasteiger partial charge on any atom is 0.407 e. The smallest absolute Gasteiger partial charge is 0.407 e. The van der Waals surface area contributed by atoms with Crippen LogP contribution in [0.25, 0.3) is 0 Å². The van der Waals surface area contributed by atoms with Crippen molar-refractivity contribution >= 4 is 34.8 Å². The van der Waals surface area contributed by atoms with Gasteiger partial charge >= 0.3 is 6.09 Å². The van der Waals surface area contributed by atoms with Crippen molar-refractivity contribution in [3.63, 3.8) is 0 Å². The SMILES string of the molecule is CC(C)(C)[S+]([O-])/N=C1/c2ccc(Cl)cc2CC12CCN(C(=O)O)CC2. The highest BCUT2D eigenvalue weighted by molar-refractivity contribution is 7.91. The Hall–Kier alpha value is -1.24. The fourth-order valence-electron chi connectivity index (χ4n) is 3.58. The van der Waals surface area contributed by atoms with E-state index in [2.05, 4.69) is 4.40 Å². The van der Waals surface area contributed by atoms with Crippen LogP contribution in [0.5, 0.6) is 0 Å². The normalized spacial score (nSPS) is 22.3. The molecule has 25 heavy (non-hydrogen) atoms. The van der Waals surface area contributed by atoms with Gasteiger partial charge in [-0.05, 0) is 57.7 Å². The summed E-state index contributed by atoms with van der Waals surface area (Å²) in [6, 6.07) is 5.74. The molecule has 1 aliphatic heterocycles. The van der Waals surface area contributed by atoms with Crippen molar-refractivity contribution in [2.75, 3.05) is 13.1 Å². The average molecular weight is 383 g/mol. The molecule has 2 aliphatic rings. The number of piperidine rings is 1. The Morgan fingerprint density at radius 3 is 2.56 bits per heavy atom. The standard InChI is InChI=1S/C18H23ClN2O3S/c1-17(2,3)25(24)20-15-14-5-4-13(19)10-12(14)11-18(15)6-8-21(9-7-18)16(22)23/h4-5,10H,6-9,11H2,1-3H3,(H,22,23)/b20-15-. The third kappa shape index (κ3) is 3.52. The quantitative estimate of drug-likeness (QED) is 0.748. The second-order valence-corrected chi connectivity index (χ2v) is 10.2. The largest absolute Gasteiger partial charge is 0.591 e. The highest BCUT2D eigenvalue weighted by Crippen LogP contribution is 2.46. The van der Waals surface area contributed by atoms with Gasteiger partial charge in [-0.25, -0.2) is 4.79 Å². The zero-order valence-electron chi connectivity index (χ0n) is 14.7. The summed E-state index contributed by atoms with van der Waals surface area (Å²) in [5.41, 5.74) is 2.73. The van der Waals surface area contributed by atoms with Crippen LogP contribution < -0.4 is 0 Å². The molecule has 1 spiro atoms. The molecule has 0 radical (unpaired) electrons. The van der Waals surface area contributed by atoms with Crippen LogP contribution >= 0.6 is 11.6 Å². The van der Waals surface area contributed by atoms with Crippen molar-refractivity contribution in [2.45, 2.75) is 44.8 Å². The van der Waals surface area contributed by atoms with Gasteiger partial charge in [-0.3, -0.25) is 0 Å². The molecule has 0 aromatic heterocycles. The predicted octanol–water partition coefficient (Wildman–Crippen LogP) is 3.91. The molecule has 5 nitrogen and oxygen atoms in total. The highest BCUT2D eigenvalue weighted by Gasteiger charge is 2.48. The minimum atomic E-state index is -1.36. The van der Waals surface area contributed by atoms with Crippen LogP contribution in [0.3, 0.4) is 0 Å². The van der Waals surface area contributed by atoms with E-state index in [0.29, 0.717) is 31.0 Å². The molecular weight excluding hydrogens is 360 g/mol. The van der Waals surface area contributed by atoms with Crippen LogP contribution in [0.2, 0.25) is 5.02 Å². The topological polar surface area (TPSA) is 76.0 Å². The van der Waals surface area contributed by atoms with Gasteiger partial charge in [0.2, 0.25) is 0 Å². The molecule has 1 fully saturated rings. The maximum atomic E-state index is 12.7. The number of benzene rings is 1. The summed E-state index contributed by atoms with van der Waals surface area (Å²) in [5.74, 6) is 0. The number of likely N-dealkylation sites (tertiary alicyclic amines) is 1. The third-order valence-corrected chi connectivity index (χ3v) is 6.67. The fourth-order valence-corrected chi connectivity index (χ4v) is 4.51. The van der Waals surface area contributed by atoms with Gasteiger partial charge in [-0.1, -0.05) is 22.1 Å². The lowest BCUT2D eigenvalue weighted by Crippen LogP contribution is -2.45. The van der Waals surface area contributed by atoms with Crippen LogP contribution in [0.15, 0.2) is 22.6 Å². The van der Waals surface area contributed by atoms with Crippen LogP contribution in [-0.4, -0.2) is 44.2 Å². The molecule has 1 heterocycles. The number of amides is 1. The van der Waals surface area contributed by atoms with Crippen molar-refractivity contribution in [2.24, 2.45) is 9.81 Å². The van der Waals surface area contributed by atoms with Crippen molar-refractivity contribution < 1.29 is 14.5 Å². The summed E-state index contributed by atoms with van der Waals surface area (Å²) in [4.78, 5) is 12.7. The highest BCUT2D eigenvalue weighted by atomic mass is 35.5. The van der Waals surface area contributed by atoms with Gasteiger partial charge < -0.3 is 14.6 Å². The zero-order valence-corrected chi connectivity index (χ0v) is 16.3. The Labute approximate surface area is 156 Å². The first-order valence-corrected chi connectivity index (χ1v) is 9.89. The Morgan fingerprint density at radius 2 is 2.00 bits per heavy atom. The van der Waals surface area contributed by atoms with E-state index in [1.54, 1.807) is 0 Å². The summed E-state index contributed by atoms with van der Waals surface area (Å²) < 4.78 is 16.9. The summed E-state index contributed by atoms with van der Waals surface area (Å²) in [6.45, 7) is 6.66. The molecule has 7 heteroatoms. The molecule has 1 atom stereocenters. The molecular formula is C18H23ClN2O3S. The van der Waals surface area contributed by atoms with E-state index >= 15 is 0 Å². The Kier molecular flexibility index (Phi) is 4.81. The monoisotopic (exact) mass is 382 g/mol. The zero-order chi connectivity index (χ0) is 18.4. The second kappa shape index (κ2) is 6.49. The van der Waals surface area contributed by atoms with Gasteiger partial charge in [0.05, 0.1) is 0 Å². The van der Waals surface area contributed by atoms with Crippen LogP contribution in [0.1, 0.15) is 44.7 Å². The van der Waals surface area contributed by atoms with E-state index in [1.165, 1.54) is 4.90 Å². The minimum absolute atomic E-state index is 0.250. The summed E-state index contributed by atoms with van der Waals surface area (Å²) in [6.07, 6.45) is 1.26. The summed E-state index contributed by atoms with van der Waals surface area (Å²) in [7, 11) is 0. The van der Waals surface area contributed by atoms with Crippen molar-refractivity contribution in [3.8, 4) is 0 Å².